The van der Waals surface area contributed by atoms with Crippen molar-refractivity contribution in [1.29, 1.82) is 5.26 Å². The van der Waals surface area contributed by atoms with Crippen LogP contribution in [0.4, 0.5) is 4.39 Å². The van der Waals surface area contributed by atoms with Gasteiger partial charge in [0.25, 0.3) is 0 Å². The molecule has 0 unspecified atom stereocenters. The lowest BCUT2D eigenvalue weighted by atomic mass is 9.78. The zero-order valence-corrected chi connectivity index (χ0v) is 16.6. The highest BCUT2D eigenvalue weighted by molar-refractivity contribution is 5.64. The summed E-state index contributed by atoms with van der Waals surface area (Å²) in [4.78, 5) is 0. The number of hydrogen-bond donors (Lipinski definition) is 0. The van der Waals surface area contributed by atoms with E-state index in [9.17, 15) is 4.39 Å². The third-order valence-electron chi connectivity index (χ3n) is 6.02. The van der Waals surface area contributed by atoms with Crippen LogP contribution in [0.5, 0.6) is 0 Å². The molecule has 0 aromatic heterocycles. The Labute approximate surface area is 168 Å². The van der Waals surface area contributed by atoms with E-state index in [1.54, 1.807) is 0 Å². The number of benzene rings is 2. The van der Waals surface area contributed by atoms with Gasteiger partial charge in [0.2, 0.25) is 0 Å². The summed E-state index contributed by atoms with van der Waals surface area (Å²) in [7, 11) is 0. The van der Waals surface area contributed by atoms with E-state index < -0.39 is 0 Å². The van der Waals surface area contributed by atoms with Crippen LogP contribution in [0.2, 0.25) is 0 Å². The van der Waals surface area contributed by atoms with E-state index in [0.29, 0.717) is 12.0 Å². The van der Waals surface area contributed by atoms with Crippen molar-refractivity contribution in [3.63, 3.8) is 0 Å². The highest BCUT2D eigenvalue weighted by Gasteiger charge is 2.20. The molecular weight excluding hydrogens is 345 g/mol. The number of allylic oxidation sites excluding steroid dienone is 2. The maximum Gasteiger partial charge on any atom is 0.0991 e. The molecule has 3 rings (SSSR count). The minimum Gasteiger partial charge on any atom is -0.251 e. The van der Waals surface area contributed by atoms with Gasteiger partial charge in [0.15, 0.2) is 0 Å². The molecule has 0 heterocycles. The molecule has 0 bridgehead atoms. The first-order valence-electron chi connectivity index (χ1n) is 10.6. The lowest BCUT2D eigenvalue weighted by Crippen LogP contribution is -2.14. The third-order valence-corrected chi connectivity index (χ3v) is 6.02. The Hall–Kier alpha value is -2.40. The van der Waals surface area contributed by atoms with Crippen LogP contribution in [0.15, 0.2) is 60.7 Å². The second-order valence-electron chi connectivity index (χ2n) is 8.00. The molecule has 2 heteroatoms. The second-order valence-corrected chi connectivity index (χ2v) is 8.00. The number of alkyl halides is 1. The van der Waals surface area contributed by atoms with Gasteiger partial charge in [-0.2, -0.15) is 5.26 Å². The number of rotatable bonds is 8. The fraction of sp³-hybridized carbons (Fsp3) is 0.423. The van der Waals surface area contributed by atoms with Crippen LogP contribution >= 0.6 is 0 Å². The lowest BCUT2D eigenvalue weighted by molar-refractivity contribution is 0.265. The Balaban J connectivity index is 1.42. The van der Waals surface area contributed by atoms with Gasteiger partial charge >= 0.3 is 0 Å². The summed E-state index contributed by atoms with van der Waals surface area (Å²) < 4.78 is 12.1. The van der Waals surface area contributed by atoms with Crippen LogP contribution in [0.25, 0.3) is 11.1 Å². The number of nitriles is 1. The smallest absolute Gasteiger partial charge is 0.0991 e. The quantitative estimate of drug-likeness (QED) is 0.445. The predicted molar refractivity (Wildman–Crippen MR) is 115 cm³/mol. The van der Waals surface area contributed by atoms with Gasteiger partial charge in [0, 0.05) is 0 Å². The van der Waals surface area contributed by atoms with Gasteiger partial charge in [-0.15, -0.1) is 0 Å². The monoisotopic (exact) mass is 375 g/mol. The van der Waals surface area contributed by atoms with Gasteiger partial charge in [-0.1, -0.05) is 61.4 Å². The second kappa shape index (κ2) is 10.8. The third kappa shape index (κ3) is 6.06. The first kappa shape index (κ1) is 20.3. The summed E-state index contributed by atoms with van der Waals surface area (Å²) in [5.74, 6) is 1.66. The fourth-order valence-corrected chi connectivity index (χ4v) is 4.20. The SMILES string of the molecule is N#Cc1ccc(-c2ccc(CCC3CCC(C/C=C/CCF)CC3)cc2)cc1. The average molecular weight is 376 g/mol. The van der Waals surface area contributed by atoms with Gasteiger partial charge in [0.1, 0.15) is 0 Å². The van der Waals surface area contributed by atoms with E-state index in [4.69, 9.17) is 5.26 Å². The number of halogens is 1. The van der Waals surface area contributed by atoms with E-state index in [1.807, 2.05) is 30.3 Å². The average Bonchev–Trinajstić information content (AvgIpc) is 2.76. The van der Waals surface area contributed by atoms with Gasteiger partial charge in [-0.05, 0) is 79.2 Å². The zero-order chi connectivity index (χ0) is 19.6. The van der Waals surface area contributed by atoms with Crippen LogP contribution in [-0.4, -0.2) is 6.67 Å². The molecule has 0 N–H and O–H groups in total. The molecule has 1 nitrogen and oxygen atoms in total. The zero-order valence-electron chi connectivity index (χ0n) is 16.6. The van der Waals surface area contributed by atoms with Crippen molar-refractivity contribution >= 4 is 0 Å². The molecule has 0 radical (unpaired) electrons. The molecule has 28 heavy (non-hydrogen) atoms. The normalized spacial score (nSPS) is 19.6. The van der Waals surface area contributed by atoms with Crippen LogP contribution in [0.3, 0.4) is 0 Å². The number of hydrogen-bond acceptors (Lipinski definition) is 1. The molecule has 146 valence electrons. The van der Waals surface area contributed by atoms with Gasteiger partial charge in [-0.3, -0.25) is 4.39 Å². The topological polar surface area (TPSA) is 23.8 Å². The molecule has 0 aliphatic heterocycles. The molecule has 2 aromatic rings. The molecule has 0 atom stereocenters. The Morgan fingerprint density at radius 3 is 2.07 bits per heavy atom. The van der Waals surface area contributed by atoms with Crippen LogP contribution < -0.4 is 0 Å². The van der Waals surface area contributed by atoms with Gasteiger partial charge in [0.05, 0.1) is 18.3 Å². The fourth-order valence-electron chi connectivity index (χ4n) is 4.20. The summed E-state index contributed by atoms with van der Waals surface area (Å²) in [6, 6.07) is 18.8. The van der Waals surface area contributed by atoms with E-state index in [1.165, 1.54) is 43.2 Å². The van der Waals surface area contributed by atoms with Crippen molar-refractivity contribution in [3.05, 3.63) is 71.8 Å². The van der Waals surface area contributed by atoms with Crippen molar-refractivity contribution in [2.24, 2.45) is 11.8 Å². The van der Waals surface area contributed by atoms with E-state index in [-0.39, 0.29) is 6.67 Å². The van der Waals surface area contributed by atoms with E-state index in [0.717, 1.165) is 30.2 Å². The predicted octanol–water partition coefficient (Wildman–Crippen LogP) is 7.27. The molecule has 0 amide bonds. The van der Waals surface area contributed by atoms with E-state index >= 15 is 0 Å². The largest absolute Gasteiger partial charge is 0.251 e. The Bertz CT molecular complexity index is 775. The van der Waals surface area contributed by atoms with Gasteiger partial charge < -0.3 is 0 Å². The van der Waals surface area contributed by atoms with Gasteiger partial charge in [-0.25, -0.2) is 0 Å². The number of aryl methyl sites for hydroxylation is 1. The molecular formula is C26H30FN. The lowest BCUT2D eigenvalue weighted by Gasteiger charge is -2.28. The van der Waals surface area contributed by atoms with Crippen molar-refractivity contribution in [1.82, 2.24) is 0 Å². The maximum atomic E-state index is 12.1. The minimum absolute atomic E-state index is 0.238. The highest BCUT2D eigenvalue weighted by atomic mass is 19.1. The first-order valence-corrected chi connectivity index (χ1v) is 10.6. The summed E-state index contributed by atoms with van der Waals surface area (Å²) in [6.07, 6.45) is 13.6. The Morgan fingerprint density at radius 2 is 1.46 bits per heavy atom. The summed E-state index contributed by atoms with van der Waals surface area (Å²) >= 11 is 0. The van der Waals surface area contributed by atoms with Crippen LogP contribution in [0, 0.1) is 23.2 Å². The molecule has 0 spiro atoms. The molecule has 2 aromatic carbocycles. The van der Waals surface area contributed by atoms with Crippen LogP contribution in [-0.2, 0) is 6.42 Å². The van der Waals surface area contributed by atoms with Crippen LogP contribution in [0.1, 0.15) is 56.1 Å². The highest BCUT2D eigenvalue weighted by Crippen LogP contribution is 2.33. The summed E-state index contributed by atoms with van der Waals surface area (Å²) in [5.41, 5.74) is 4.47. The Morgan fingerprint density at radius 1 is 0.857 bits per heavy atom. The maximum absolute atomic E-state index is 12.1. The summed E-state index contributed by atoms with van der Waals surface area (Å²) in [5, 5.41) is 8.91. The van der Waals surface area contributed by atoms with E-state index in [2.05, 4.69) is 36.4 Å². The van der Waals surface area contributed by atoms with Crippen molar-refractivity contribution in [2.75, 3.05) is 6.67 Å². The minimum atomic E-state index is -0.238. The molecule has 0 saturated heterocycles. The van der Waals surface area contributed by atoms with Crippen molar-refractivity contribution in [3.8, 4) is 17.2 Å². The molecule has 1 fully saturated rings. The molecule has 1 aliphatic carbocycles. The molecule has 1 aliphatic rings. The Kier molecular flexibility index (Phi) is 7.85. The molecule has 1 saturated carbocycles. The van der Waals surface area contributed by atoms with Crippen molar-refractivity contribution in [2.45, 2.75) is 51.4 Å². The van der Waals surface area contributed by atoms with Crippen molar-refractivity contribution < 1.29 is 4.39 Å². The number of nitrogens with zero attached hydrogens (tertiary/aromatic N) is 1. The standard InChI is InChI=1S/C26H30FN/c27-19-3-1-2-4-21-5-7-22(8-6-21)9-10-23-11-15-25(16-12-23)26-17-13-24(20-28)14-18-26/h1-2,11-18,21-22H,3-10,19H2/b2-1+. The first-order chi connectivity index (χ1) is 13.8. The summed E-state index contributed by atoms with van der Waals surface area (Å²) in [6.45, 7) is -0.238.